The highest BCUT2D eigenvalue weighted by atomic mass is 32.2. The fourth-order valence-electron chi connectivity index (χ4n) is 2.32. The standard InChI is InChI=1S/C14H22N2S/c1-16-10-9-15-13(11-16)6-3-12-4-7-14(17-2)8-5-12/h4-5,7-8,13,15H,3,6,9-11H2,1-2H3. The number of aryl methyl sites for hydroxylation is 1. The lowest BCUT2D eigenvalue weighted by Crippen LogP contribution is -2.49. The highest BCUT2D eigenvalue weighted by molar-refractivity contribution is 7.98. The Hall–Kier alpha value is -0.510. The fraction of sp³-hybridized carbons (Fsp3) is 0.571. The largest absolute Gasteiger partial charge is 0.311 e. The van der Waals surface area contributed by atoms with Gasteiger partial charge in [0.1, 0.15) is 0 Å². The number of rotatable bonds is 4. The van der Waals surface area contributed by atoms with Gasteiger partial charge in [-0.2, -0.15) is 0 Å². The van der Waals surface area contributed by atoms with Crippen LogP contribution in [0, 0.1) is 0 Å². The van der Waals surface area contributed by atoms with Gasteiger partial charge < -0.3 is 10.2 Å². The first-order valence-corrected chi connectivity index (χ1v) is 7.55. The zero-order chi connectivity index (χ0) is 12.1. The lowest BCUT2D eigenvalue weighted by atomic mass is 10.0. The number of nitrogens with zero attached hydrogens (tertiary/aromatic N) is 1. The van der Waals surface area contributed by atoms with Crippen molar-refractivity contribution in [2.45, 2.75) is 23.8 Å². The van der Waals surface area contributed by atoms with E-state index in [9.17, 15) is 0 Å². The molecule has 0 bridgehead atoms. The van der Waals surface area contributed by atoms with Gasteiger partial charge in [-0.05, 0) is 43.8 Å². The van der Waals surface area contributed by atoms with E-state index in [1.165, 1.54) is 36.4 Å². The molecule has 0 aliphatic carbocycles. The zero-order valence-electron chi connectivity index (χ0n) is 10.8. The summed E-state index contributed by atoms with van der Waals surface area (Å²) < 4.78 is 0. The van der Waals surface area contributed by atoms with Gasteiger partial charge in [-0.15, -0.1) is 11.8 Å². The average Bonchev–Trinajstić information content (AvgIpc) is 2.37. The average molecular weight is 250 g/mol. The van der Waals surface area contributed by atoms with Crippen molar-refractivity contribution in [2.75, 3.05) is 32.9 Å². The van der Waals surface area contributed by atoms with E-state index in [4.69, 9.17) is 0 Å². The second kappa shape index (κ2) is 6.43. The van der Waals surface area contributed by atoms with Crippen LogP contribution < -0.4 is 5.32 Å². The Morgan fingerprint density at radius 2 is 2.12 bits per heavy atom. The van der Waals surface area contributed by atoms with E-state index in [1.807, 2.05) is 0 Å². The zero-order valence-corrected chi connectivity index (χ0v) is 11.6. The summed E-state index contributed by atoms with van der Waals surface area (Å²) in [6.07, 6.45) is 4.54. The minimum Gasteiger partial charge on any atom is -0.311 e. The van der Waals surface area contributed by atoms with Crippen LogP contribution in [-0.2, 0) is 6.42 Å². The van der Waals surface area contributed by atoms with E-state index in [-0.39, 0.29) is 0 Å². The molecule has 1 atom stereocenters. The van der Waals surface area contributed by atoms with E-state index in [2.05, 4.69) is 47.8 Å². The molecular formula is C14H22N2S. The molecule has 0 radical (unpaired) electrons. The van der Waals surface area contributed by atoms with E-state index in [0.29, 0.717) is 6.04 Å². The fourth-order valence-corrected chi connectivity index (χ4v) is 2.73. The summed E-state index contributed by atoms with van der Waals surface area (Å²) in [6.45, 7) is 3.49. The summed E-state index contributed by atoms with van der Waals surface area (Å²) >= 11 is 1.80. The van der Waals surface area contributed by atoms with Crippen LogP contribution in [0.2, 0.25) is 0 Å². The Bertz CT molecular complexity index is 337. The maximum Gasteiger partial charge on any atom is 0.0198 e. The molecule has 0 saturated carbocycles. The van der Waals surface area contributed by atoms with Crippen LogP contribution >= 0.6 is 11.8 Å². The maximum absolute atomic E-state index is 3.60. The quantitative estimate of drug-likeness (QED) is 0.825. The number of nitrogens with one attached hydrogen (secondary N) is 1. The van der Waals surface area contributed by atoms with Gasteiger partial charge in [-0.1, -0.05) is 12.1 Å². The second-order valence-corrected chi connectivity index (χ2v) is 5.68. The van der Waals surface area contributed by atoms with E-state index >= 15 is 0 Å². The van der Waals surface area contributed by atoms with Gasteiger partial charge in [0.25, 0.3) is 0 Å². The Morgan fingerprint density at radius 1 is 1.35 bits per heavy atom. The molecule has 0 amide bonds. The Morgan fingerprint density at radius 3 is 2.76 bits per heavy atom. The number of thioether (sulfide) groups is 1. The van der Waals surface area contributed by atoms with Crippen LogP contribution in [-0.4, -0.2) is 43.9 Å². The van der Waals surface area contributed by atoms with Crippen LogP contribution in [0.1, 0.15) is 12.0 Å². The van der Waals surface area contributed by atoms with Crippen molar-refractivity contribution in [3.8, 4) is 0 Å². The Balaban J connectivity index is 1.80. The molecule has 94 valence electrons. The Kier molecular flexibility index (Phi) is 4.89. The van der Waals surface area contributed by atoms with Crippen molar-refractivity contribution in [1.29, 1.82) is 0 Å². The minimum absolute atomic E-state index is 0.661. The SMILES string of the molecule is CSc1ccc(CCC2CN(C)CCN2)cc1. The molecule has 0 spiro atoms. The van der Waals surface area contributed by atoms with Crippen LogP contribution in [0.5, 0.6) is 0 Å². The highest BCUT2D eigenvalue weighted by Crippen LogP contribution is 2.16. The molecule has 1 unspecified atom stereocenters. The summed E-state index contributed by atoms with van der Waals surface area (Å²) in [7, 11) is 2.21. The molecule has 1 N–H and O–H groups in total. The van der Waals surface area contributed by atoms with Crippen LogP contribution in [0.4, 0.5) is 0 Å². The van der Waals surface area contributed by atoms with Crippen LogP contribution in [0.3, 0.4) is 0 Å². The van der Waals surface area contributed by atoms with E-state index < -0.39 is 0 Å². The molecule has 1 heterocycles. The monoisotopic (exact) mass is 250 g/mol. The first kappa shape index (κ1) is 12.9. The van der Waals surface area contributed by atoms with Gasteiger partial charge in [0, 0.05) is 30.6 Å². The number of piperazine rings is 1. The molecule has 2 nitrogen and oxygen atoms in total. The minimum atomic E-state index is 0.661. The predicted molar refractivity (Wildman–Crippen MR) is 75.8 cm³/mol. The molecule has 1 aliphatic rings. The van der Waals surface area contributed by atoms with Crippen LogP contribution in [0.25, 0.3) is 0 Å². The number of hydrogen-bond acceptors (Lipinski definition) is 3. The van der Waals surface area contributed by atoms with E-state index in [0.717, 1.165) is 6.54 Å². The topological polar surface area (TPSA) is 15.3 Å². The first-order chi connectivity index (χ1) is 8.28. The highest BCUT2D eigenvalue weighted by Gasteiger charge is 2.15. The summed E-state index contributed by atoms with van der Waals surface area (Å²) in [4.78, 5) is 3.77. The number of hydrogen-bond donors (Lipinski definition) is 1. The molecule has 1 fully saturated rings. The van der Waals surface area contributed by atoms with Crippen LogP contribution in [0.15, 0.2) is 29.2 Å². The molecule has 0 aromatic heterocycles. The van der Waals surface area contributed by atoms with Gasteiger partial charge in [0.15, 0.2) is 0 Å². The molecular weight excluding hydrogens is 228 g/mol. The first-order valence-electron chi connectivity index (χ1n) is 6.33. The van der Waals surface area contributed by atoms with Gasteiger partial charge in [0.2, 0.25) is 0 Å². The molecule has 1 aromatic carbocycles. The lowest BCUT2D eigenvalue weighted by Gasteiger charge is -2.30. The predicted octanol–water partition coefficient (Wildman–Crippen LogP) is 2.24. The smallest absolute Gasteiger partial charge is 0.0198 e. The third-order valence-corrected chi connectivity index (χ3v) is 4.14. The van der Waals surface area contributed by atoms with Crippen molar-refractivity contribution in [2.24, 2.45) is 0 Å². The molecule has 1 aromatic rings. The van der Waals surface area contributed by atoms with Gasteiger partial charge in [-0.3, -0.25) is 0 Å². The van der Waals surface area contributed by atoms with E-state index in [1.54, 1.807) is 11.8 Å². The molecule has 1 saturated heterocycles. The normalized spacial score (nSPS) is 21.6. The molecule has 17 heavy (non-hydrogen) atoms. The summed E-state index contributed by atoms with van der Waals surface area (Å²) in [5.74, 6) is 0. The lowest BCUT2D eigenvalue weighted by molar-refractivity contribution is 0.232. The summed E-state index contributed by atoms with van der Waals surface area (Å²) in [5.41, 5.74) is 1.46. The van der Waals surface area contributed by atoms with Crippen molar-refractivity contribution in [3.63, 3.8) is 0 Å². The second-order valence-electron chi connectivity index (χ2n) is 4.80. The summed E-state index contributed by atoms with van der Waals surface area (Å²) in [6, 6.07) is 9.63. The van der Waals surface area contributed by atoms with Gasteiger partial charge in [0.05, 0.1) is 0 Å². The summed E-state index contributed by atoms with van der Waals surface area (Å²) in [5, 5.41) is 3.60. The number of benzene rings is 1. The van der Waals surface area contributed by atoms with Crippen molar-refractivity contribution >= 4 is 11.8 Å². The van der Waals surface area contributed by atoms with Gasteiger partial charge >= 0.3 is 0 Å². The Labute approximate surface area is 109 Å². The molecule has 2 rings (SSSR count). The third kappa shape index (κ3) is 4.02. The van der Waals surface area contributed by atoms with Crippen molar-refractivity contribution in [1.82, 2.24) is 10.2 Å². The van der Waals surface area contributed by atoms with Crippen molar-refractivity contribution in [3.05, 3.63) is 29.8 Å². The molecule has 1 aliphatic heterocycles. The van der Waals surface area contributed by atoms with Gasteiger partial charge in [-0.25, -0.2) is 0 Å². The van der Waals surface area contributed by atoms with Crippen molar-refractivity contribution < 1.29 is 0 Å². The molecule has 3 heteroatoms. The maximum atomic E-state index is 3.60. The third-order valence-electron chi connectivity index (χ3n) is 3.40. The number of likely N-dealkylation sites (N-methyl/N-ethyl adjacent to an activating group) is 1.